The summed E-state index contributed by atoms with van der Waals surface area (Å²) in [5, 5.41) is 8.29. The van der Waals surface area contributed by atoms with Crippen molar-refractivity contribution in [3.05, 3.63) is 35.9 Å². The average molecular weight is 137 g/mol. The Morgan fingerprint density at radius 3 is 2.00 bits per heavy atom. The van der Waals surface area contributed by atoms with Gasteiger partial charge in [-0.2, -0.15) is 15.2 Å². The zero-order chi connectivity index (χ0) is 5.82. The van der Waals surface area contributed by atoms with Crippen LogP contribution >= 0.6 is 9.90 Å². The second-order valence-corrected chi connectivity index (χ2v) is 1.48. The summed E-state index contributed by atoms with van der Waals surface area (Å²) in [6.45, 7) is 0. The lowest BCUT2D eigenvalue weighted by atomic mass is 10.2. The van der Waals surface area contributed by atoms with Gasteiger partial charge in [-0.25, -0.2) is 0 Å². The molecule has 0 saturated heterocycles. The van der Waals surface area contributed by atoms with E-state index in [2.05, 4.69) is 0 Å². The first-order valence-electron chi connectivity index (χ1n) is 2.38. The molecule has 0 aromatic heterocycles. The Kier molecular flexibility index (Phi) is 3.67. The Labute approximate surface area is 57.9 Å². The van der Waals surface area contributed by atoms with E-state index in [4.69, 9.17) is 5.26 Å². The first-order chi connectivity index (χ1) is 3.93. The molecule has 0 aliphatic carbocycles. The van der Waals surface area contributed by atoms with Crippen LogP contribution in [0.1, 0.15) is 5.56 Å². The van der Waals surface area contributed by atoms with Crippen molar-refractivity contribution >= 4 is 9.90 Å². The molecular weight excluding hydrogens is 129 g/mol. The summed E-state index contributed by atoms with van der Waals surface area (Å²) < 4.78 is 0. The smallest absolute Gasteiger partial charge is 0.0991 e. The highest BCUT2D eigenvalue weighted by atomic mass is 31.0. The molecule has 0 amide bonds. The van der Waals surface area contributed by atoms with Gasteiger partial charge in [-0.05, 0) is 12.1 Å². The van der Waals surface area contributed by atoms with Gasteiger partial charge in [-0.3, -0.25) is 0 Å². The Hall–Kier alpha value is -0.860. The van der Waals surface area contributed by atoms with Gasteiger partial charge in [0.15, 0.2) is 0 Å². The third-order valence-corrected chi connectivity index (χ3v) is 0.903. The number of rotatable bonds is 0. The van der Waals surface area contributed by atoms with Gasteiger partial charge in [-0.1, -0.05) is 18.2 Å². The van der Waals surface area contributed by atoms with Crippen molar-refractivity contribution in [2.24, 2.45) is 0 Å². The van der Waals surface area contributed by atoms with Gasteiger partial charge in [0.1, 0.15) is 0 Å². The molecule has 1 rings (SSSR count). The molecule has 0 saturated carbocycles. The second-order valence-electron chi connectivity index (χ2n) is 1.48. The summed E-state index contributed by atoms with van der Waals surface area (Å²) in [5.41, 5.74) is 0.715. The fourth-order valence-electron chi connectivity index (χ4n) is 0.513. The number of benzene rings is 1. The van der Waals surface area contributed by atoms with Crippen molar-refractivity contribution in [1.82, 2.24) is 0 Å². The molecule has 9 heavy (non-hydrogen) atoms. The molecule has 0 radical (unpaired) electrons. The molecule has 0 aliphatic rings. The minimum atomic E-state index is 0. The summed E-state index contributed by atoms with van der Waals surface area (Å²) in [6, 6.07) is 11.2. The maximum atomic E-state index is 8.29. The molecule has 0 fully saturated rings. The van der Waals surface area contributed by atoms with Crippen LogP contribution in [0.25, 0.3) is 0 Å². The predicted molar refractivity (Wildman–Crippen MR) is 42.3 cm³/mol. The van der Waals surface area contributed by atoms with E-state index >= 15 is 0 Å². The third-order valence-electron chi connectivity index (χ3n) is 0.903. The summed E-state index contributed by atoms with van der Waals surface area (Å²) in [7, 11) is 0. The standard InChI is InChI=1S/C7H5N.H3P/c8-6-7-4-2-1-3-5-7;/h1-5H;1H3. The van der Waals surface area contributed by atoms with Crippen LogP contribution in [0.3, 0.4) is 0 Å². The van der Waals surface area contributed by atoms with Crippen LogP contribution in [-0.2, 0) is 0 Å². The predicted octanol–water partition coefficient (Wildman–Crippen LogP) is 1.62. The van der Waals surface area contributed by atoms with E-state index in [9.17, 15) is 0 Å². The second kappa shape index (κ2) is 4.06. The molecule has 0 spiro atoms. The Bertz CT molecular complexity index is 200. The summed E-state index contributed by atoms with van der Waals surface area (Å²) in [5.74, 6) is 0. The number of hydrogen-bond acceptors (Lipinski definition) is 1. The first kappa shape index (κ1) is 8.14. The van der Waals surface area contributed by atoms with Crippen LogP contribution < -0.4 is 0 Å². The van der Waals surface area contributed by atoms with E-state index in [0.29, 0.717) is 5.56 Å². The highest BCUT2D eigenvalue weighted by molar-refractivity contribution is 6.92. The van der Waals surface area contributed by atoms with Crippen LogP contribution in [0.5, 0.6) is 0 Å². The van der Waals surface area contributed by atoms with Gasteiger partial charge in [-0.15, -0.1) is 0 Å². The van der Waals surface area contributed by atoms with Crippen molar-refractivity contribution in [1.29, 1.82) is 5.26 Å². The van der Waals surface area contributed by atoms with Crippen molar-refractivity contribution in [2.75, 3.05) is 0 Å². The van der Waals surface area contributed by atoms with E-state index < -0.39 is 0 Å². The Morgan fingerprint density at radius 1 is 1.11 bits per heavy atom. The number of hydrogen-bond donors (Lipinski definition) is 0. The molecule has 0 N–H and O–H groups in total. The molecule has 1 unspecified atom stereocenters. The van der Waals surface area contributed by atoms with Gasteiger partial charge in [0.05, 0.1) is 11.6 Å². The zero-order valence-electron chi connectivity index (χ0n) is 5.04. The topological polar surface area (TPSA) is 23.8 Å². The van der Waals surface area contributed by atoms with Crippen LogP contribution in [-0.4, -0.2) is 0 Å². The molecule has 1 aromatic carbocycles. The van der Waals surface area contributed by atoms with Crippen molar-refractivity contribution in [3.63, 3.8) is 0 Å². The van der Waals surface area contributed by atoms with Crippen molar-refractivity contribution < 1.29 is 0 Å². The lowest BCUT2D eigenvalue weighted by Crippen LogP contribution is -1.66. The molecule has 0 aliphatic heterocycles. The molecule has 0 bridgehead atoms. The van der Waals surface area contributed by atoms with Crippen LogP contribution in [0.2, 0.25) is 0 Å². The number of nitrogens with zero attached hydrogens (tertiary/aromatic N) is 1. The third kappa shape index (κ3) is 2.26. The van der Waals surface area contributed by atoms with Gasteiger partial charge in [0.25, 0.3) is 0 Å². The zero-order valence-corrected chi connectivity index (χ0v) is 6.46. The van der Waals surface area contributed by atoms with Gasteiger partial charge < -0.3 is 0 Å². The highest BCUT2D eigenvalue weighted by Gasteiger charge is 1.79. The van der Waals surface area contributed by atoms with Gasteiger partial charge >= 0.3 is 0 Å². The molecule has 2 heteroatoms. The van der Waals surface area contributed by atoms with Crippen molar-refractivity contribution in [2.45, 2.75) is 0 Å². The summed E-state index contributed by atoms with van der Waals surface area (Å²) in [4.78, 5) is 0. The maximum Gasteiger partial charge on any atom is 0.0991 e. The minimum Gasteiger partial charge on any atom is -0.192 e. The molecule has 1 aromatic rings. The fourth-order valence-corrected chi connectivity index (χ4v) is 0.513. The Balaban J connectivity index is 0.000000640. The summed E-state index contributed by atoms with van der Waals surface area (Å²) >= 11 is 0. The van der Waals surface area contributed by atoms with E-state index in [1.165, 1.54) is 0 Å². The summed E-state index contributed by atoms with van der Waals surface area (Å²) in [6.07, 6.45) is 0. The fraction of sp³-hybridized carbons (Fsp3) is 0. The number of nitriles is 1. The highest BCUT2D eigenvalue weighted by Crippen LogP contribution is 1.92. The average Bonchev–Trinajstić information content (AvgIpc) is 1.90. The SMILES string of the molecule is N#Cc1ccccc1.P. The molecule has 46 valence electrons. The van der Waals surface area contributed by atoms with Gasteiger partial charge in [0, 0.05) is 0 Å². The Morgan fingerprint density at radius 2 is 1.67 bits per heavy atom. The van der Waals surface area contributed by atoms with Crippen LogP contribution in [0.15, 0.2) is 30.3 Å². The van der Waals surface area contributed by atoms with Crippen LogP contribution in [0.4, 0.5) is 0 Å². The first-order valence-corrected chi connectivity index (χ1v) is 2.38. The van der Waals surface area contributed by atoms with E-state index in [0.717, 1.165) is 0 Å². The minimum absolute atomic E-state index is 0. The molecule has 0 heterocycles. The van der Waals surface area contributed by atoms with E-state index in [1.54, 1.807) is 12.1 Å². The van der Waals surface area contributed by atoms with Gasteiger partial charge in [0.2, 0.25) is 0 Å². The largest absolute Gasteiger partial charge is 0.192 e. The molecule has 1 atom stereocenters. The van der Waals surface area contributed by atoms with E-state index in [1.807, 2.05) is 24.3 Å². The van der Waals surface area contributed by atoms with E-state index in [-0.39, 0.29) is 9.90 Å². The van der Waals surface area contributed by atoms with Crippen LogP contribution in [0, 0.1) is 11.3 Å². The lowest BCUT2D eigenvalue weighted by Gasteiger charge is -1.80. The molecular formula is C7H8NP. The quantitative estimate of drug-likeness (QED) is 0.498. The molecule has 1 nitrogen and oxygen atoms in total. The van der Waals surface area contributed by atoms with Crippen molar-refractivity contribution in [3.8, 4) is 6.07 Å². The lowest BCUT2D eigenvalue weighted by molar-refractivity contribution is 1.49. The maximum absolute atomic E-state index is 8.29. The normalized spacial score (nSPS) is 7.00. The monoisotopic (exact) mass is 137 g/mol.